The van der Waals surface area contributed by atoms with Crippen molar-refractivity contribution in [2.24, 2.45) is 0 Å². The average molecular weight is 377 g/mol. The Morgan fingerprint density at radius 1 is 1.27 bits per heavy atom. The minimum atomic E-state index is -3.21. The zero-order valence-corrected chi connectivity index (χ0v) is 15.0. The van der Waals surface area contributed by atoms with E-state index in [2.05, 4.69) is 5.32 Å². The van der Waals surface area contributed by atoms with Crippen LogP contribution in [0, 0.1) is 10.1 Å². The van der Waals surface area contributed by atoms with E-state index in [0.29, 0.717) is 30.9 Å². The van der Waals surface area contributed by atoms with Crippen molar-refractivity contribution >= 4 is 27.1 Å². The van der Waals surface area contributed by atoms with Crippen molar-refractivity contribution in [2.75, 3.05) is 29.0 Å². The minimum absolute atomic E-state index is 0.0979. The number of sulfonamides is 1. The van der Waals surface area contributed by atoms with Crippen LogP contribution in [0.1, 0.15) is 12.0 Å². The van der Waals surface area contributed by atoms with Crippen LogP contribution in [0.15, 0.2) is 42.5 Å². The van der Waals surface area contributed by atoms with Gasteiger partial charge in [0.2, 0.25) is 10.0 Å². The second-order valence-corrected chi connectivity index (χ2v) is 7.92. The van der Waals surface area contributed by atoms with E-state index >= 15 is 0 Å². The first-order valence-corrected chi connectivity index (χ1v) is 9.67. The number of hydrogen-bond donors (Lipinski definition) is 1. The second kappa shape index (κ2) is 7.20. The van der Waals surface area contributed by atoms with Crippen LogP contribution in [0.2, 0.25) is 0 Å². The van der Waals surface area contributed by atoms with Gasteiger partial charge in [-0.2, -0.15) is 0 Å². The Morgan fingerprint density at radius 3 is 2.73 bits per heavy atom. The van der Waals surface area contributed by atoms with Crippen LogP contribution in [0.4, 0.5) is 17.1 Å². The van der Waals surface area contributed by atoms with E-state index in [1.165, 1.54) is 17.5 Å². The normalized spacial score (nSPS) is 15.7. The molecule has 0 atom stereocenters. The third-order valence-electron chi connectivity index (χ3n) is 4.17. The van der Waals surface area contributed by atoms with Crippen molar-refractivity contribution < 1.29 is 18.1 Å². The van der Waals surface area contributed by atoms with Gasteiger partial charge in [0.1, 0.15) is 0 Å². The fourth-order valence-corrected chi connectivity index (χ4v) is 4.45. The highest BCUT2D eigenvalue weighted by atomic mass is 32.2. The van der Waals surface area contributed by atoms with Gasteiger partial charge < -0.3 is 10.1 Å². The van der Waals surface area contributed by atoms with Crippen LogP contribution in [0.25, 0.3) is 0 Å². The molecule has 8 nitrogen and oxygen atoms in total. The number of nitrogens with one attached hydrogen (secondary N) is 1. The molecule has 1 saturated heterocycles. The number of methoxy groups -OCH3 is 1. The first kappa shape index (κ1) is 18.0. The van der Waals surface area contributed by atoms with Crippen LogP contribution in [0.5, 0.6) is 5.75 Å². The minimum Gasteiger partial charge on any atom is -0.490 e. The van der Waals surface area contributed by atoms with Gasteiger partial charge in [0, 0.05) is 30.9 Å². The molecule has 138 valence electrons. The summed E-state index contributed by atoms with van der Waals surface area (Å²) in [6.07, 6.45) is 0.632. The van der Waals surface area contributed by atoms with Crippen molar-refractivity contribution in [3.63, 3.8) is 0 Å². The lowest BCUT2D eigenvalue weighted by Crippen LogP contribution is -2.25. The fourth-order valence-electron chi connectivity index (χ4n) is 2.89. The summed E-state index contributed by atoms with van der Waals surface area (Å²) < 4.78 is 30.6. The molecule has 2 aromatic rings. The van der Waals surface area contributed by atoms with Gasteiger partial charge in [-0.05, 0) is 30.2 Å². The Morgan fingerprint density at radius 2 is 2.08 bits per heavy atom. The van der Waals surface area contributed by atoms with Gasteiger partial charge in [0.15, 0.2) is 5.75 Å². The second-order valence-electron chi connectivity index (χ2n) is 5.91. The maximum atomic E-state index is 12.1. The van der Waals surface area contributed by atoms with E-state index in [-0.39, 0.29) is 17.2 Å². The third-order valence-corrected chi connectivity index (χ3v) is 6.04. The summed E-state index contributed by atoms with van der Waals surface area (Å²) in [6.45, 7) is 0.946. The number of hydrogen-bond acceptors (Lipinski definition) is 6. The predicted octanol–water partition coefficient (Wildman–Crippen LogP) is 2.76. The molecule has 0 aromatic heterocycles. The van der Waals surface area contributed by atoms with Crippen LogP contribution in [-0.4, -0.2) is 32.7 Å². The Kier molecular flexibility index (Phi) is 4.99. The van der Waals surface area contributed by atoms with Gasteiger partial charge >= 0.3 is 5.69 Å². The van der Waals surface area contributed by atoms with Crippen molar-refractivity contribution in [3.8, 4) is 5.75 Å². The molecular formula is C17H19N3O5S. The highest BCUT2D eigenvalue weighted by molar-refractivity contribution is 7.93. The van der Waals surface area contributed by atoms with E-state index in [0.717, 1.165) is 5.56 Å². The van der Waals surface area contributed by atoms with E-state index in [4.69, 9.17) is 4.74 Å². The lowest BCUT2D eigenvalue weighted by Gasteiger charge is -2.18. The van der Waals surface area contributed by atoms with E-state index in [1.54, 1.807) is 18.2 Å². The number of anilines is 2. The first-order chi connectivity index (χ1) is 12.4. The number of benzene rings is 2. The molecule has 0 spiro atoms. The highest BCUT2D eigenvalue weighted by Gasteiger charge is 2.28. The summed E-state index contributed by atoms with van der Waals surface area (Å²) in [4.78, 5) is 10.4. The third kappa shape index (κ3) is 3.72. The van der Waals surface area contributed by atoms with Crippen LogP contribution >= 0.6 is 0 Å². The van der Waals surface area contributed by atoms with Gasteiger partial charge in [-0.1, -0.05) is 12.1 Å². The summed E-state index contributed by atoms with van der Waals surface area (Å²) in [5.74, 6) is 0.356. The molecule has 1 N–H and O–H groups in total. The number of rotatable bonds is 6. The maximum absolute atomic E-state index is 12.1. The highest BCUT2D eigenvalue weighted by Crippen LogP contribution is 2.30. The largest absolute Gasteiger partial charge is 0.490 e. The summed E-state index contributed by atoms with van der Waals surface area (Å²) in [6, 6.07) is 11.9. The summed E-state index contributed by atoms with van der Waals surface area (Å²) in [5.41, 5.74) is 2.14. The van der Waals surface area contributed by atoms with Crippen LogP contribution in [0.3, 0.4) is 0 Å². The molecule has 0 saturated carbocycles. The van der Waals surface area contributed by atoms with Crippen molar-refractivity contribution in [2.45, 2.75) is 13.0 Å². The molecule has 0 bridgehead atoms. The first-order valence-electron chi connectivity index (χ1n) is 8.06. The molecule has 0 aliphatic carbocycles. The number of ether oxygens (including phenoxy) is 1. The Balaban J connectivity index is 1.74. The van der Waals surface area contributed by atoms with Crippen LogP contribution < -0.4 is 14.4 Å². The van der Waals surface area contributed by atoms with E-state index in [1.807, 2.05) is 18.2 Å². The molecule has 0 radical (unpaired) electrons. The Hall–Kier alpha value is -2.81. The number of nitrogens with zero attached hydrogens (tertiary/aromatic N) is 2. The summed E-state index contributed by atoms with van der Waals surface area (Å²) >= 11 is 0. The lowest BCUT2D eigenvalue weighted by molar-refractivity contribution is -0.385. The van der Waals surface area contributed by atoms with Crippen molar-refractivity contribution in [3.05, 3.63) is 58.1 Å². The van der Waals surface area contributed by atoms with Crippen molar-refractivity contribution in [1.29, 1.82) is 0 Å². The predicted molar refractivity (Wildman–Crippen MR) is 99.2 cm³/mol. The van der Waals surface area contributed by atoms with E-state index in [9.17, 15) is 18.5 Å². The number of nitro benzene ring substituents is 1. The zero-order chi connectivity index (χ0) is 18.7. The standard InChI is InChI=1S/C17H19N3O5S/c1-25-17-11-14(6-7-16(17)20(21)22)18-12-13-4-2-5-15(10-13)19-8-3-9-26(19,23)24/h2,4-7,10-11,18H,3,8-9,12H2,1H3. The quantitative estimate of drug-likeness (QED) is 0.613. The number of nitro groups is 1. The molecular weight excluding hydrogens is 358 g/mol. The van der Waals surface area contributed by atoms with Gasteiger partial charge in [-0.25, -0.2) is 8.42 Å². The SMILES string of the molecule is COc1cc(NCc2cccc(N3CCCS3(=O)=O)c2)ccc1[N+](=O)[O-]. The molecule has 1 aliphatic rings. The van der Waals surface area contributed by atoms with Gasteiger partial charge in [-0.3, -0.25) is 14.4 Å². The molecule has 1 aliphatic heterocycles. The molecule has 9 heteroatoms. The van der Waals surface area contributed by atoms with Crippen molar-refractivity contribution in [1.82, 2.24) is 0 Å². The molecule has 1 fully saturated rings. The summed E-state index contributed by atoms with van der Waals surface area (Å²) in [7, 11) is -1.83. The van der Waals surface area contributed by atoms with Crippen LogP contribution in [-0.2, 0) is 16.6 Å². The average Bonchev–Trinajstić information content (AvgIpc) is 2.99. The summed E-state index contributed by atoms with van der Waals surface area (Å²) in [5, 5.41) is 14.1. The topological polar surface area (TPSA) is 102 Å². The smallest absolute Gasteiger partial charge is 0.311 e. The maximum Gasteiger partial charge on any atom is 0.311 e. The zero-order valence-electron chi connectivity index (χ0n) is 14.2. The molecule has 0 amide bonds. The molecule has 1 heterocycles. The lowest BCUT2D eigenvalue weighted by atomic mass is 10.2. The Bertz CT molecular complexity index is 930. The molecule has 0 unspecified atom stereocenters. The van der Waals surface area contributed by atoms with E-state index < -0.39 is 14.9 Å². The Labute approximate surface area is 151 Å². The molecule has 3 rings (SSSR count). The monoisotopic (exact) mass is 377 g/mol. The van der Waals surface area contributed by atoms with Gasteiger partial charge in [0.25, 0.3) is 0 Å². The van der Waals surface area contributed by atoms with Gasteiger partial charge in [-0.15, -0.1) is 0 Å². The molecule has 26 heavy (non-hydrogen) atoms. The fraction of sp³-hybridized carbons (Fsp3) is 0.294. The molecule has 2 aromatic carbocycles. The van der Waals surface area contributed by atoms with Gasteiger partial charge in [0.05, 0.1) is 23.5 Å².